The molecule has 134 valence electrons. The second-order valence-corrected chi connectivity index (χ2v) is 6.53. The maximum absolute atomic E-state index is 12.9. The number of nitro groups is 1. The quantitative estimate of drug-likeness (QED) is 0.512. The van der Waals surface area contributed by atoms with Gasteiger partial charge in [0, 0.05) is 39.8 Å². The third-order valence-electron chi connectivity index (χ3n) is 4.46. The standard InChI is InChI=1S/C19H18ClN3O3/c1-4-22-17-7-5-13(20)10-15(17)12(3)18(22)19(24)21-14-6-8-16(23(25)26)11(2)9-14/h5-10H,4H2,1-3H3,(H,21,24). The van der Waals surface area contributed by atoms with Crippen molar-refractivity contribution in [2.75, 3.05) is 5.32 Å². The molecule has 0 aliphatic heterocycles. The number of amides is 1. The number of aromatic nitrogens is 1. The Kier molecular flexibility index (Phi) is 4.70. The van der Waals surface area contributed by atoms with Crippen LogP contribution < -0.4 is 5.32 Å². The normalized spacial score (nSPS) is 10.9. The lowest BCUT2D eigenvalue weighted by Gasteiger charge is -2.10. The van der Waals surface area contributed by atoms with Gasteiger partial charge in [0.2, 0.25) is 0 Å². The monoisotopic (exact) mass is 371 g/mol. The lowest BCUT2D eigenvalue weighted by atomic mass is 10.1. The SMILES string of the molecule is CCn1c(C(=O)Nc2ccc([N+](=O)[O-])c(C)c2)c(C)c2cc(Cl)ccc21. The van der Waals surface area contributed by atoms with Crippen LogP contribution in [0.2, 0.25) is 5.02 Å². The number of halogens is 1. The summed E-state index contributed by atoms with van der Waals surface area (Å²) >= 11 is 6.10. The molecular weight excluding hydrogens is 354 g/mol. The van der Waals surface area contributed by atoms with Gasteiger partial charge in [-0.15, -0.1) is 0 Å². The zero-order valence-electron chi connectivity index (χ0n) is 14.7. The van der Waals surface area contributed by atoms with Gasteiger partial charge in [-0.25, -0.2) is 0 Å². The zero-order chi connectivity index (χ0) is 19.0. The van der Waals surface area contributed by atoms with Gasteiger partial charge in [-0.3, -0.25) is 14.9 Å². The molecule has 3 rings (SSSR count). The number of fused-ring (bicyclic) bond motifs is 1. The van der Waals surface area contributed by atoms with E-state index in [0.717, 1.165) is 16.5 Å². The van der Waals surface area contributed by atoms with Gasteiger partial charge in [-0.05, 0) is 56.7 Å². The topological polar surface area (TPSA) is 77.2 Å². The summed E-state index contributed by atoms with van der Waals surface area (Å²) in [7, 11) is 0. The van der Waals surface area contributed by atoms with Crippen LogP contribution in [0.25, 0.3) is 10.9 Å². The highest BCUT2D eigenvalue weighted by molar-refractivity contribution is 6.31. The predicted octanol–water partition coefficient (Wildman–Crippen LogP) is 5.09. The maximum Gasteiger partial charge on any atom is 0.272 e. The number of carbonyl (C=O) groups is 1. The molecule has 3 aromatic rings. The van der Waals surface area contributed by atoms with E-state index < -0.39 is 4.92 Å². The Labute approximate surface area is 155 Å². The first-order valence-corrected chi connectivity index (χ1v) is 8.56. The zero-order valence-corrected chi connectivity index (χ0v) is 15.4. The van der Waals surface area contributed by atoms with Gasteiger partial charge in [-0.2, -0.15) is 0 Å². The number of anilines is 1. The number of hydrogen-bond donors (Lipinski definition) is 1. The van der Waals surface area contributed by atoms with Crippen LogP contribution in [0.4, 0.5) is 11.4 Å². The number of nitrogens with zero attached hydrogens (tertiary/aromatic N) is 2. The summed E-state index contributed by atoms with van der Waals surface area (Å²) in [5, 5.41) is 15.3. The molecule has 7 heteroatoms. The van der Waals surface area contributed by atoms with Crippen molar-refractivity contribution >= 4 is 39.8 Å². The summed E-state index contributed by atoms with van der Waals surface area (Å²) in [6, 6.07) is 10.1. The number of aryl methyl sites for hydroxylation is 3. The molecule has 2 aromatic carbocycles. The van der Waals surface area contributed by atoms with Crippen molar-refractivity contribution in [2.24, 2.45) is 0 Å². The highest BCUT2D eigenvalue weighted by Crippen LogP contribution is 2.29. The molecule has 0 saturated carbocycles. The third-order valence-corrected chi connectivity index (χ3v) is 4.70. The Bertz CT molecular complexity index is 1040. The van der Waals surface area contributed by atoms with Crippen LogP contribution in [0.5, 0.6) is 0 Å². The number of rotatable bonds is 4. The Morgan fingerprint density at radius 1 is 1.23 bits per heavy atom. The summed E-state index contributed by atoms with van der Waals surface area (Å²) in [6.07, 6.45) is 0. The fourth-order valence-electron chi connectivity index (χ4n) is 3.24. The summed E-state index contributed by atoms with van der Waals surface area (Å²) in [4.78, 5) is 23.4. The van der Waals surface area contributed by atoms with E-state index >= 15 is 0 Å². The van der Waals surface area contributed by atoms with E-state index in [9.17, 15) is 14.9 Å². The van der Waals surface area contributed by atoms with Crippen molar-refractivity contribution < 1.29 is 9.72 Å². The van der Waals surface area contributed by atoms with Gasteiger partial charge in [0.1, 0.15) is 5.69 Å². The molecule has 1 N–H and O–H groups in total. The summed E-state index contributed by atoms with van der Waals surface area (Å²) in [5.74, 6) is -0.259. The van der Waals surface area contributed by atoms with Gasteiger partial charge in [0.05, 0.1) is 4.92 Å². The van der Waals surface area contributed by atoms with Crippen molar-refractivity contribution in [2.45, 2.75) is 27.3 Å². The van der Waals surface area contributed by atoms with Crippen molar-refractivity contribution in [1.82, 2.24) is 4.57 Å². The van der Waals surface area contributed by atoms with Crippen LogP contribution in [0, 0.1) is 24.0 Å². The third kappa shape index (κ3) is 3.04. The molecule has 0 saturated heterocycles. The molecule has 0 aliphatic carbocycles. The van der Waals surface area contributed by atoms with Crippen molar-refractivity contribution in [1.29, 1.82) is 0 Å². The van der Waals surface area contributed by atoms with E-state index in [2.05, 4.69) is 5.32 Å². The van der Waals surface area contributed by atoms with Crippen LogP contribution in [-0.2, 0) is 6.54 Å². The molecule has 0 atom stereocenters. The van der Waals surface area contributed by atoms with Gasteiger partial charge in [0.25, 0.3) is 11.6 Å². The molecule has 0 aliphatic rings. The summed E-state index contributed by atoms with van der Waals surface area (Å²) in [5.41, 5.74) is 3.38. The molecule has 26 heavy (non-hydrogen) atoms. The lowest BCUT2D eigenvalue weighted by Crippen LogP contribution is -2.18. The molecule has 6 nitrogen and oxygen atoms in total. The van der Waals surface area contributed by atoms with Crippen LogP contribution >= 0.6 is 11.6 Å². The van der Waals surface area contributed by atoms with Crippen LogP contribution in [-0.4, -0.2) is 15.4 Å². The van der Waals surface area contributed by atoms with Crippen LogP contribution in [0.15, 0.2) is 36.4 Å². The lowest BCUT2D eigenvalue weighted by molar-refractivity contribution is -0.385. The number of hydrogen-bond acceptors (Lipinski definition) is 3. The molecule has 0 unspecified atom stereocenters. The van der Waals surface area contributed by atoms with Crippen LogP contribution in [0.1, 0.15) is 28.5 Å². The molecule has 1 heterocycles. The Morgan fingerprint density at radius 2 is 1.96 bits per heavy atom. The fraction of sp³-hybridized carbons (Fsp3) is 0.211. The fourth-order valence-corrected chi connectivity index (χ4v) is 3.42. The van der Waals surface area contributed by atoms with Gasteiger partial charge >= 0.3 is 0 Å². The summed E-state index contributed by atoms with van der Waals surface area (Å²) in [6.45, 7) is 6.14. The molecule has 1 amide bonds. The average Bonchev–Trinajstić information content (AvgIpc) is 2.86. The van der Waals surface area contributed by atoms with Crippen molar-refractivity contribution in [3.05, 3.63) is 68.4 Å². The number of nitro benzene ring substituents is 1. The average molecular weight is 372 g/mol. The van der Waals surface area contributed by atoms with E-state index in [1.165, 1.54) is 12.1 Å². The predicted molar refractivity (Wildman–Crippen MR) is 103 cm³/mol. The van der Waals surface area contributed by atoms with Crippen molar-refractivity contribution in [3.8, 4) is 0 Å². The maximum atomic E-state index is 12.9. The first-order chi connectivity index (χ1) is 12.3. The summed E-state index contributed by atoms with van der Waals surface area (Å²) < 4.78 is 1.94. The Hall–Kier alpha value is -2.86. The number of carbonyl (C=O) groups excluding carboxylic acids is 1. The minimum atomic E-state index is -0.441. The van der Waals surface area contributed by atoms with E-state index in [-0.39, 0.29) is 11.6 Å². The second-order valence-electron chi connectivity index (χ2n) is 6.09. The number of benzene rings is 2. The molecule has 0 bridgehead atoms. The second kappa shape index (κ2) is 6.80. The molecular formula is C19H18ClN3O3. The Balaban J connectivity index is 2.02. The van der Waals surface area contributed by atoms with E-state index in [1.54, 1.807) is 19.1 Å². The minimum Gasteiger partial charge on any atom is -0.337 e. The van der Waals surface area contributed by atoms with E-state index in [1.807, 2.05) is 30.5 Å². The number of nitrogens with one attached hydrogen (secondary N) is 1. The highest BCUT2D eigenvalue weighted by Gasteiger charge is 2.20. The largest absolute Gasteiger partial charge is 0.337 e. The smallest absolute Gasteiger partial charge is 0.272 e. The molecule has 0 spiro atoms. The van der Waals surface area contributed by atoms with Gasteiger partial charge in [-0.1, -0.05) is 11.6 Å². The van der Waals surface area contributed by atoms with Crippen molar-refractivity contribution in [3.63, 3.8) is 0 Å². The molecule has 1 aromatic heterocycles. The molecule has 0 radical (unpaired) electrons. The minimum absolute atomic E-state index is 0.0245. The van der Waals surface area contributed by atoms with Gasteiger partial charge < -0.3 is 9.88 Å². The van der Waals surface area contributed by atoms with E-state index in [0.29, 0.717) is 28.5 Å². The van der Waals surface area contributed by atoms with Gasteiger partial charge in [0.15, 0.2) is 0 Å². The highest BCUT2D eigenvalue weighted by atomic mass is 35.5. The molecule has 0 fully saturated rings. The first kappa shape index (κ1) is 17.9. The van der Waals surface area contributed by atoms with Crippen LogP contribution in [0.3, 0.4) is 0 Å². The van der Waals surface area contributed by atoms with E-state index in [4.69, 9.17) is 11.6 Å². The first-order valence-electron chi connectivity index (χ1n) is 8.18. The Morgan fingerprint density at radius 3 is 2.58 bits per heavy atom.